The molecule has 138 valence electrons. The molecular formula is C14H28O9. The highest BCUT2D eigenvalue weighted by atomic mass is 17.9. The highest BCUT2D eigenvalue weighted by molar-refractivity contribution is 4.84. The minimum absolute atomic E-state index is 0.412. The summed E-state index contributed by atoms with van der Waals surface area (Å²) in [4.78, 5) is 5.52. The first-order valence-corrected chi connectivity index (χ1v) is 8.11. The first kappa shape index (κ1) is 20.7. The number of hydrogen-bond donors (Lipinski definition) is 1. The molecule has 0 spiro atoms. The van der Waals surface area contributed by atoms with E-state index in [2.05, 4.69) is 56.0 Å². The zero-order chi connectivity index (χ0) is 17.0. The fourth-order valence-electron chi connectivity index (χ4n) is 3.39. The Kier molecular flexibility index (Phi) is 10.9. The molecule has 1 fully saturated rings. The molecule has 0 aromatic rings. The lowest BCUT2D eigenvalue weighted by Gasteiger charge is -2.36. The van der Waals surface area contributed by atoms with Crippen LogP contribution in [0.5, 0.6) is 0 Å². The van der Waals surface area contributed by atoms with Gasteiger partial charge in [0.2, 0.25) is 0 Å². The van der Waals surface area contributed by atoms with Crippen LogP contribution in [0.1, 0.15) is 72.1 Å². The summed E-state index contributed by atoms with van der Waals surface area (Å²) in [6.45, 7) is 6.66. The molecule has 0 amide bonds. The molecule has 0 bridgehead atoms. The third-order valence-electron chi connectivity index (χ3n) is 4.22. The Labute approximate surface area is 136 Å². The second-order valence-corrected chi connectivity index (χ2v) is 6.40. The lowest BCUT2D eigenvalue weighted by molar-refractivity contribution is -0.832. The van der Waals surface area contributed by atoms with E-state index in [0.717, 1.165) is 44.4 Å². The standard InChI is InChI=1S/C14H28O9/c1-4-5-8-14(16-18-20-22-23-21-19-17-15)9-6-7-12(2)10-13(3)11-14/h12-13,15H,4-11H2,1-3H3/t12-,13+,14?/m0/s1. The van der Waals surface area contributed by atoms with Gasteiger partial charge in [0.05, 0.1) is 0 Å². The predicted molar refractivity (Wildman–Crippen MR) is 75.0 cm³/mol. The Morgan fingerprint density at radius 2 is 1.70 bits per heavy atom. The van der Waals surface area contributed by atoms with Gasteiger partial charge in [-0.1, -0.05) is 46.5 Å². The van der Waals surface area contributed by atoms with Gasteiger partial charge in [0.1, 0.15) is 5.60 Å². The van der Waals surface area contributed by atoms with Crippen molar-refractivity contribution in [2.45, 2.75) is 77.7 Å². The molecule has 1 aliphatic carbocycles. The predicted octanol–water partition coefficient (Wildman–Crippen LogP) is 4.16. The molecule has 0 aliphatic heterocycles. The minimum atomic E-state index is -0.412. The molecule has 1 N–H and O–H groups in total. The fraction of sp³-hybridized carbons (Fsp3) is 1.00. The van der Waals surface area contributed by atoms with Gasteiger partial charge < -0.3 is 0 Å². The molecule has 0 heterocycles. The summed E-state index contributed by atoms with van der Waals surface area (Å²) < 4.78 is 0. The molecule has 1 aliphatic rings. The van der Waals surface area contributed by atoms with Crippen LogP contribution in [-0.4, -0.2) is 10.9 Å². The van der Waals surface area contributed by atoms with Gasteiger partial charge in [-0.2, -0.15) is 4.89 Å². The molecule has 0 aromatic heterocycles. The van der Waals surface area contributed by atoms with Crippen LogP contribution >= 0.6 is 0 Å². The Balaban J connectivity index is 2.42. The summed E-state index contributed by atoms with van der Waals surface area (Å²) in [5.41, 5.74) is -0.412. The van der Waals surface area contributed by atoms with Gasteiger partial charge in [-0.25, -0.2) is 5.26 Å². The van der Waals surface area contributed by atoms with Crippen LogP contribution in [0.4, 0.5) is 0 Å². The van der Waals surface area contributed by atoms with E-state index < -0.39 is 5.60 Å². The topological polar surface area (TPSA) is 94.1 Å². The second-order valence-electron chi connectivity index (χ2n) is 6.40. The van der Waals surface area contributed by atoms with Crippen molar-refractivity contribution >= 4 is 0 Å². The van der Waals surface area contributed by atoms with E-state index in [1.165, 1.54) is 12.8 Å². The molecule has 0 aromatic carbocycles. The highest BCUT2D eigenvalue weighted by Crippen LogP contribution is 2.38. The fourth-order valence-corrected chi connectivity index (χ4v) is 3.39. The number of unbranched alkanes of at least 4 members (excludes halogenated alkanes) is 1. The van der Waals surface area contributed by atoms with E-state index in [1.807, 2.05) is 0 Å². The summed E-state index contributed by atoms with van der Waals surface area (Å²) in [5.74, 6) is 1.26. The summed E-state index contributed by atoms with van der Waals surface area (Å²) in [5, 5.41) is 34.7. The van der Waals surface area contributed by atoms with E-state index in [-0.39, 0.29) is 0 Å². The van der Waals surface area contributed by atoms with Crippen LogP contribution in [-0.2, 0) is 40.2 Å². The summed E-state index contributed by atoms with van der Waals surface area (Å²) >= 11 is 0. The molecule has 9 nitrogen and oxygen atoms in total. The first-order chi connectivity index (χ1) is 11.1. The zero-order valence-corrected chi connectivity index (χ0v) is 14.0. The monoisotopic (exact) mass is 340 g/mol. The quantitative estimate of drug-likeness (QED) is 0.338. The smallest absolute Gasteiger partial charge is 0.107 e. The van der Waals surface area contributed by atoms with Crippen LogP contribution in [0.25, 0.3) is 0 Å². The van der Waals surface area contributed by atoms with E-state index in [1.54, 1.807) is 0 Å². The van der Waals surface area contributed by atoms with Gasteiger partial charge >= 0.3 is 0 Å². The zero-order valence-electron chi connectivity index (χ0n) is 14.0. The molecule has 23 heavy (non-hydrogen) atoms. The second kappa shape index (κ2) is 12.1. The van der Waals surface area contributed by atoms with Crippen LogP contribution in [0.3, 0.4) is 0 Å². The molecule has 1 rings (SSSR count). The summed E-state index contributed by atoms with van der Waals surface area (Å²) in [6.07, 6.45) is 8.19. The highest BCUT2D eigenvalue weighted by Gasteiger charge is 2.36. The van der Waals surface area contributed by atoms with Gasteiger partial charge in [0.15, 0.2) is 0 Å². The molecule has 1 saturated carbocycles. The third kappa shape index (κ3) is 8.89. The van der Waals surface area contributed by atoms with E-state index in [0.29, 0.717) is 5.92 Å². The Hall–Kier alpha value is -0.360. The van der Waals surface area contributed by atoms with Crippen LogP contribution < -0.4 is 0 Å². The first-order valence-electron chi connectivity index (χ1n) is 8.11. The Morgan fingerprint density at radius 3 is 2.39 bits per heavy atom. The van der Waals surface area contributed by atoms with Crippen molar-refractivity contribution < 1.29 is 45.4 Å². The largest absolute Gasteiger partial charge is 0.219 e. The maximum absolute atomic E-state index is 7.77. The van der Waals surface area contributed by atoms with Gasteiger partial charge in [-0.15, -0.1) is 0 Å². The third-order valence-corrected chi connectivity index (χ3v) is 4.22. The van der Waals surface area contributed by atoms with E-state index in [4.69, 9.17) is 10.1 Å². The molecular weight excluding hydrogens is 312 g/mol. The maximum Gasteiger partial charge on any atom is 0.107 e. The van der Waals surface area contributed by atoms with Crippen molar-refractivity contribution in [3.05, 3.63) is 0 Å². The molecule has 3 atom stereocenters. The minimum Gasteiger partial charge on any atom is -0.219 e. The Bertz CT molecular complexity index is 291. The summed E-state index contributed by atoms with van der Waals surface area (Å²) in [7, 11) is 0. The van der Waals surface area contributed by atoms with Crippen LogP contribution in [0.2, 0.25) is 0 Å². The number of hydrogen-bond acceptors (Lipinski definition) is 9. The van der Waals surface area contributed by atoms with Crippen molar-refractivity contribution in [3.8, 4) is 0 Å². The van der Waals surface area contributed by atoms with Crippen molar-refractivity contribution in [1.82, 2.24) is 0 Å². The van der Waals surface area contributed by atoms with Crippen LogP contribution in [0, 0.1) is 11.8 Å². The Morgan fingerprint density at radius 1 is 1.00 bits per heavy atom. The lowest BCUT2D eigenvalue weighted by Crippen LogP contribution is -2.36. The van der Waals surface area contributed by atoms with Gasteiger partial charge in [-0.05, 0) is 72.8 Å². The van der Waals surface area contributed by atoms with Crippen molar-refractivity contribution in [2.75, 3.05) is 0 Å². The number of rotatable bonds is 11. The van der Waals surface area contributed by atoms with Crippen molar-refractivity contribution in [2.24, 2.45) is 11.8 Å². The average molecular weight is 340 g/mol. The van der Waals surface area contributed by atoms with Gasteiger partial charge in [0.25, 0.3) is 0 Å². The maximum atomic E-state index is 7.77. The van der Waals surface area contributed by atoms with E-state index in [9.17, 15) is 0 Å². The average Bonchev–Trinajstić information content (AvgIpc) is 2.50. The molecule has 0 radical (unpaired) electrons. The normalized spacial score (nSPS) is 29.2. The van der Waals surface area contributed by atoms with E-state index >= 15 is 0 Å². The van der Waals surface area contributed by atoms with Gasteiger partial charge in [-0.3, -0.25) is 0 Å². The molecule has 9 heteroatoms. The van der Waals surface area contributed by atoms with Gasteiger partial charge in [0, 0.05) is 0 Å². The van der Waals surface area contributed by atoms with Crippen molar-refractivity contribution in [3.63, 3.8) is 0 Å². The molecule has 1 unspecified atom stereocenters. The SMILES string of the molecule is CCCCC1(OOOOOOOOO)CCC[C@H](C)C[C@@H](C)C1. The van der Waals surface area contributed by atoms with Crippen LogP contribution in [0.15, 0.2) is 0 Å². The van der Waals surface area contributed by atoms with Crippen molar-refractivity contribution in [1.29, 1.82) is 0 Å². The summed E-state index contributed by atoms with van der Waals surface area (Å²) in [6, 6.07) is 0. The molecule has 0 saturated heterocycles. The lowest BCUT2D eigenvalue weighted by atomic mass is 9.76.